The summed E-state index contributed by atoms with van der Waals surface area (Å²) in [6.45, 7) is 1.82. The van der Waals surface area contributed by atoms with Crippen molar-refractivity contribution in [3.8, 4) is 11.4 Å². The van der Waals surface area contributed by atoms with E-state index >= 15 is 0 Å². The second-order valence-corrected chi connectivity index (χ2v) is 15.8. The van der Waals surface area contributed by atoms with E-state index in [1.165, 1.54) is 93.5 Å². The Balaban J connectivity index is 0.998. The third kappa shape index (κ3) is 3.93. The molecule has 4 bridgehead atoms. The van der Waals surface area contributed by atoms with E-state index in [-0.39, 0.29) is 0 Å². The zero-order valence-corrected chi connectivity index (χ0v) is 28.3. The lowest BCUT2D eigenvalue weighted by Gasteiger charge is -2.14. The minimum Gasteiger partial charge on any atom is -0.225 e. The van der Waals surface area contributed by atoms with Gasteiger partial charge in [-0.2, -0.15) is 9.13 Å². The van der Waals surface area contributed by atoms with E-state index in [4.69, 9.17) is 0 Å². The van der Waals surface area contributed by atoms with Gasteiger partial charge in [-0.3, -0.25) is 0 Å². The maximum atomic E-state index is 2.57. The molecule has 2 aromatic heterocycles. The third-order valence-electron chi connectivity index (χ3n) is 13.2. The largest absolute Gasteiger partial charge is 0.250 e. The van der Waals surface area contributed by atoms with Crippen molar-refractivity contribution in [3.63, 3.8) is 0 Å². The Bertz CT molecular complexity index is 2520. The number of benzene rings is 6. The molecule has 242 valence electrons. The second kappa shape index (κ2) is 10.2. The van der Waals surface area contributed by atoms with Crippen LogP contribution >= 0.6 is 0 Å². The highest BCUT2D eigenvalue weighted by Crippen LogP contribution is 2.55. The topological polar surface area (TPSA) is 17.6 Å². The number of rotatable bonds is 5. The first-order valence-electron chi connectivity index (χ1n) is 18.9. The van der Waals surface area contributed by atoms with Crippen LogP contribution in [0.1, 0.15) is 84.5 Å². The monoisotopic (exact) mass is 648 g/mol. The maximum Gasteiger partial charge on any atom is 0.250 e. The molecule has 0 N–H and O–H groups in total. The zero-order chi connectivity index (χ0) is 32.5. The fraction of sp³-hybridized carbons (Fsp3) is 0.261. The average molecular weight is 649 g/mol. The number of hydrogen-bond donors (Lipinski definition) is 0. The lowest BCUT2D eigenvalue weighted by molar-refractivity contribution is -0.755. The van der Waals surface area contributed by atoms with Gasteiger partial charge in [-0.25, -0.2) is 9.13 Å². The second-order valence-electron chi connectivity index (χ2n) is 15.8. The molecule has 2 saturated carbocycles. The minimum atomic E-state index is 0.738. The van der Waals surface area contributed by atoms with Crippen LogP contribution in [0.5, 0.6) is 0 Å². The molecule has 4 nitrogen and oxygen atoms in total. The molecule has 4 atom stereocenters. The number of aromatic nitrogens is 4. The average Bonchev–Trinajstić information content (AvgIpc) is 4.03. The van der Waals surface area contributed by atoms with Crippen LogP contribution < -0.4 is 9.13 Å². The summed E-state index contributed by atoms with van der Waals surface area (Å²) in [4.78, 5) is 0. The third-order valence-corrected chi connectivity index (χ3v) is 13.2. The maximum absolute atomic E-state index is 2.57. The van der Waals surface area contributed by atoms with Crippen molar-refractivity contribution < 1.29 is 9.13 Å². The van der Waals surface area contributed by atoms with Gasteiger partial charge < -0.3 is 0 Å². The summed E-state index contributed by atoms with van der Waals surface area (Å²) < 4.78 is 10.00. The van der Waals surface area contributed by atoms with Crippen LogP contribution in [0.4, 0.5) is 0 Å². The van der Waals surface area contributed by atoms with Crippen LogP contribution in [0.15, 0.2) is 122 Å². The summed E-state index contributed by atoms with van der Waals surface area (Å²) in [6, 6.07) is 41.6. The zero-order valence-electron chi connectivity index (χ0n) is 28.3. The van der Waals surface area contributed by atoms with Crippen molar-refractivity contribution in [1.82, 2.24) is 9.13 Å². The van der Waals surface area contributed by atoms with Gasteiger partial charge in [0.25, 0.3) is 0 Å². The standard InChI is InChI=1S/C46H40N4/c1-3-7-31-21-37(15-13-29(31)5-1)49-27-47(43-23-39-33-9-11-35(19-33)41(39)25-45(43)49)17-18-48-28-50(38-16-14-30-6-2-4-8-32(30)22-38)46-26-42-36-12-10-34(20-36)40(42)24-44(46)48/h1-8,13-16,21-28,33-36H,9-12,17-20H2/q+2. The van der Waals surface area contributed by atoms with Crippen molar-refractivity contribution >= 4 is 43.6 Å². The molecule has 4 aliphatic carbocycles. The predicted molar refractivity (Wildman–Crippen MR) is 201 cm³/mol. The van der Waals surface area contributed by atoms with Crippen molar-refractivity contribution in [2.45, 2.75) is 75.3 Å². The molecule has 0 aliphatic heterocycles. The van der Waals surface area contributed by atoms with E-state index < -0.39 is 0 Å². The Hall–Kier alpha value is -5.22. The van der Waals surface area contributed by atoms with Crippen LogP contribution in [-0.4, -0.2) is 9.13 Å². The van der Waals surface area contributed by atoms with Gasteiger partial charge in [0.2, 0.25) is 12.7 Å². The molecule has 2 heterocycles. The Morgan fingerprint density at radius 2 is 0.840 bits per heavy atom. The number of aryl methyl sites for hydroxylation is 2. The van der Waals surface area contributed by atoms with Crippen molar-refractivity contribution in [1.29, 1.82) is 0 Å². The summed E-state index contributed by atoms with van der Waals surface area (Å²) in [5, 5.41) is 5.16. The van der Waals surface area contributed by atoms with E-state index in [2.05, 4.69) is 140 Å². The molecule has 0 spiro atoms. The van der Waals surface area contributed by atoms with Gasteiger partial charge in [0.1, 0.15) is 24.5 Å². The quantitative estimate of drug-likeness (QED) is 0.165. The number of fused-ring (bicyclic) bond motifs is 14. The lowest BCUT2D eigenvalue weighted by Crippen LogP contribution is -2.43. The molecule has 8 aromatic rings. The van der Waals surface area contributed by atoms with Gasteiger partial charge in [0.05, 0.1) is 0 Å². The number of nitrogens with zero attached hydrogens (tertiary/aromatic N) is 4. The molecule has 2 fully saturated rings. The van der Waals surface area contributed by atoms with Gasteiger partial charge in [-0.15, -0.1) is 0 Å². The highest BCUT2D eigenvalue weighted by molar-refractivity contribution is 5.87. The molecule has 4 aliphatic rings. The Labute approximate surface area is 291 Å². The summed E-state index contributed by atoms with van der Waals surface area (Å²) in [7, 11) is 0. The van der Waals surface area contributed by atoms with Gasteiger partial charge in [-0.1, -0.05) is 60.7 Å². The molecule has 50 heavy (non-hydrogen) atoms. The smallest absolute Gasteiger partial charge is 0.225 e. The highest BCUT2D eigenvalue weighted by atomic mass is 15.2. The fourth-order valence-corrected chi connectivity index (χ4v) is 10.7. The van der Waals surface area contributed by atoms with E-state index in [1.54, 1.807) is 22.3 Å². The van der Waals surface area contributed by atoms with Crippen molar-refractivity contribution in [3.05, 3.63) is 144 Å². The molecule has 0 radical (unpaired) electrons. The molecule has 12 rings (SSSR count). The highest BCUT2D eigenvalue weighted by Gasteiger charge is 2.40. The SMILES string of the molecule is c1ccc2cc(-n3c[n+](CC[n+]4cn(-c5ccc6ccccc6c5)c5cc6c(cc54)C4CCC6C4)c4cc5c(cc43)C3CCC5C3)ccc2c1. The van der Waals surface area contributed by atoms with Crippen LogP contribution in [0.2, 0.25) is 0 Å². The van der Waals surface area contributed by atoms with Gasteiger partial charge in [-0.05, 0) is 155 Å². The molecule has 0 saturated heterocycles. The first-order chi connectivity index (χ1) is 24.7. The Morgan fingerprint density at radius 3 is 1.28 bits per heavy atom. The lowest BCUT2D eigenvalue weighted by atomic mass is 9.91. The number of hydrogen-bond acceptors (Lipinski definition) is 0. The summed E-state index contributed by atoms with van der Waals surface area (Å²) in [5.41, 5.74) is 14.3. The number of imidazole rings is 2. The van der Waals surface area contributed by atoms with Crippen LogP contribution in [0.3, 0.4) is 0 Å². The Morgan fingerprint density at radius 1 is 0.440 bits per heavy atom. The van der Waals surface area contributed by atoms with Crippen LogP contribution in [-0.2, 0) is 13.1 Å². The summed E-state index contributed by atoms with van der Waals surface area (Å²) in [6.07, 6.45) is 12.8. The minimum absolute atomic E-state index is 0.738. The molecule has 0 amide bonds. The molecular weight excluding hydrogens is 609 g/mol. The molecular formula is C46H40N4+2. The van der Waals surface area contributed by atoms with Crippen molar-refractivity contribution in [2.75, 3.05) is 0 Å². The molecule has 4 unspecified atom stereocenters. The normalized spacial score (nSPS) is 21.7. The van der Waals surface area contributed by atoms with Gasteiger partial charge in [0.15, 0.2) is 22.1 Å². The van der Waals surface area contributed by atoms with Crippen LogP contribution in [0, 0.1) is 0 Å². The summed E-state index contributed by atoms with van der Waals surface area (Å²) in [5.74, 6) is 2.95. The van der Waals surface area contributed by atoms with Crippen molar-refractivity contribution in [2.24, 2.45) is 0 Å². The van der Waals surface area contributed by atoms with Crippen LogP contribution in [0.25, 0.3) is 55.0 Å². The van der Waals surface area contributed by atoms with E-state index in [0.717, 1.165) is 36.8 Å². The van der Waals surface area contributed by atoms with Gasteiger partial charge >= 0.3 is 0 Å². The predicted octanol–water partition coefficient (Wildman–Crippen LogP) is 9.89. The van der Waals surface area contributed by atoms with Gasteiger partial charge in [0, 0.05) is 0 Å². The van der Waals surface area contributed by atoms with E-state index in [9.17, 15) is 0 Å². The summed E-state index contributed by atoms with van der Waals surface area (Å²) >= 11 is 0. The van der Waals surface area contributed by atoms with E-state index in [1.807, 2.05) is 0 Å². The van der Waals surface area contributed by atoms with E-state index in [0.29, 0.717) is 0 Å². The molecule has 6 aromatic carbocycles. The fourth-order valence-electron chi connectivity index (χ4n) is 10.7. The first-order valence-corrected chi connectivity index (χ1v) is 18.9. The Kier molecular flexibility index (Phi) is 5.61. The molecule has 4 heteroatoms. The first kappa shape index (κ1) is 27.6.